The van der Waals surface area contributed by atoms with E-state index in [9.17, 15) is 4.79 Å². The summed E-state index contributed by atoms with van der Waals surface area (Å²) in [6.07, 6.45) is 0.751. The lowest BCUT2D eigenvalue weighted by molar-refractivity contribution is 0.112. The molecule has 0 aliphatic rings. The monoisotopic (exact) mass is 324 g/mol. The predicted octanol–water partition coefficient (Wildman–Crippen LogP) is 5.02. The number of hydrogen-bond acceptors (Lipinski definition) is 2. The van der Waals surface area contributed by atoms with Crippen molar-refractivity contribution in [1.29, 1.82) is 0 Å². The minimum absolute atomic E-state index is 0.418. The van der Waals surface area contributed by atoms with Gasteiger partial charge in [-0.05, 0) is 48.9 Å². The fourth-order valence-corrected chi connectivity index (χ4v) is 2.22. The molecule has 0 saturated heterocycles. The van der Waals surface area contributed by atoms with Crippen LogP contribution in [0.15, 0.2) is 40.9 Å². The van der Waals surface area contributed by atoms with Gasteiger partial charge in [-0.15, -0.1) is 0 Å². The van der Waals surface area contributed by atoms with Gasteiger partial charge in [0.05, 0.1) is 5.02 Å². The highest BCUT2D eigenvalue weighted by Crippen LogP contribution is 2.32. The first-order valence-corrected chi connectivity index (χ1v) is 6.46. The summed E-state index contributed by atoms with van der Waals surface area (Å²) in [5.41, 5.74) is 1.53. The fourth-order valence-electron chi connectivity index (χ4n) is 1.52. The van der Waals surface area contributed by atoms with Crippen LogP contribution in [0.1, 0.15) is 15.9 Å². The molecule has 0 spiro atoms. The molecule has 2 nitrogen and oxygen atoms in total. The number of halogens is 2. The summed E-state index contributed by atoms with van der Waals surface area (Å²) in [7, 11) is 0. The molecule has 2 rings (SSSR count). The molecular weight excluding hydrogens is 316 g/mol. The lowest BCUT2D eigenvalue weighted by atomic mass is 10.2. The Balaban J connectivity index is 2.31. The molecule has 0 radical (unpaired) electrons. The van der Waals surface area contributed by atoms with Crippen molar-refractivity contribution in [2.75, 3.05) is 0 Å². The third-order valence-electron chi connectivity index (χ3n) is 2.45. The molecule has 0 fully saturated rings. The van der Waals surface area contributed by atoms with Crippen LogP contribution in [-0.4, -0.2) is 6.29 Å². The summed E-state index contributed by atoms with van der Waals surface area (Å²) >= 11 is 9.44. The molecule has 0 amide bonds. The van der Waals surface area contributed by atoms with Gasteiger partial charge in [-0.2, -0.15) is 0 Å². The van der Waals surface area contributed by atoms with Crippen molar-refractivity contribution in [3.8, 4) is 11.5 Å². The zero-order valence-electron chi connectivity index (χ0n) is 9.61. The van der Waals surface area contributed by atoms with Crippen LogP contribution in [0.25, 0.3) is 0 Å². The second-order valence-corrected chi connectivity index (χ2v) is 5.14. The molecule has 0 N–H and O–H groups in total. The molecule has 92 valence electrons. The molecule has 2 aromatic carbocycles. The molecule has 0 aliphatic carbocycles. The van der Waals surface area contributed by atoms with E-state index < -0.39 is 0 Å². The second-order valence-electron chi connectivity index (χ2n) is 3.82. The smallest absolute Gasteiger partial charge is 0.150 e. The first kappa shape index (κ1) is 13.1. The summed E-state index contributed by atoms with van der Waals surface area (Å²) in [5, 5.41) is 0.418. The van der Waals surface area contributed by atoms with Crippen molar-refractivity contribution in [2.24, 2.45) is 0 Å². The van der Waals surface area contributed by atoms with Crippen LogP contribution in [0.5, 0.6) is 11.5 Å². The van der Waals surface area contributed by atoms with Gasteiger partial charge in [0.2, 0.25) is 0 Å². The number of rotatable bonds is 3. The minimum Gasteiger partial charge on any atom is -0.456 e. The number of ether oxygens (including phenoxy) is 1. The lowest BCUT2D eigenvalue weighted by Gasteiger charge is -2.10. The molecule has 0 aliphatic heterocycles. The molecular formula is C14H10BrClO2. The highest BCUT2D eigenvalue weighted by Gasteiger charge is 2.06. The predicted molar refractivity (Wildman–Crippen MR) is 75.8 cm³/mol. The maximum atomic E-state index is 10.6. The van der Waals surface area contributed by atoms with Crippen LogP contribution in [0.4, 0.5) is 0 Å². The van der Waals surface area contributed by atoms with E-state index in [1.807, 2.05) is 25.1 Å². The average Bonchev–Trinajstić information content (AvgIpc) is 2.34. The van der Waals surface area contributed by atoms with Crippen molar-refractivity contribution in [3.05, 3.63) is 57.0 Å². The summed E-state index contributed by atoms with van der Waals surface area (Å²) in [4.78, 5) is 10.6. The summed E-state index contributed by atoms with van der Waals surface area (Å²) in [6.45, 7) is 1.95. The molecule has 0 heterocycles. The number of aldehydes is 1. The van der Waals surface area contributed by atoms with Gasteiger partial charge in [0.15, 0.2) is 0 Å². The summed E-state index contributed by atoms with van der Waals surface area (Å²) < 4.78 is 6.72. The van der Waals surface area contributed by atoms with E-state index in [2.05, 4.69) is 15.9 Å². The first-order chi connectivity index (χ1) is 8.60. The maximum absolute atomic E-state index is 10.6. The number of carbonyl (C=O) groups is 1. The molecule has 0 saturated carbocycles. The van der Waals surface area contributed by atoms with E-state index in [4.69, 9.17) is 16.3 Å². The van der Waals surface area contributed by atoms with Crippen LogP contribution < -0.4 is 4.74 Å². The first-order valence-electron chi connectivity index (χ1n) is 5.29. The Morgan fingerprint density at radius 2 is 1.89 bits per heavy atom. The molecule has 4 heteroatoms. The zero-order chi connectivity index (χ0) is 13.1. The summed E-state index contributed by atoms with van der Waals surface area (Å²) in [6, 6.07) is 10.7. The van der Waals surface area contributed by atoms with Crippen LogP contribution in [0.2, 0.25) is 5.02 Å². The van der Waals surface area contributed by atoms with Gasteiger partial charge in [-0.25, -0.2) is 0 Å². The molecule has 2 aromatic rings. The van der Waals surface area contributed by atoms with Gasteiger partial charge in [0, 0.05) is 10.0 Å². The lowest BCUT2D eigenvalue weighted by Crippen LogP contribution is -1.89. The number of benzene rings is 2. The van der Waals surface area contributed by atoms with Crippen molar-refractivity contribution < 1.29 is 9.53 Å². The third-order valence-corrected chi connectivity index (χ3v) is 3.24. The Labute approximate surface area is 119 Å². The van der Waals surface area contributed by atoms with Gasteiger partial charge in [-0.1, -0.05) is 27.5 Å². The maximum Gasteiger partial charge on any atom is 0.150 e. The van der Waals surface area contributed by atoms with Crippen LogP contribution in [0.3, 0.4) is 0 Å². The fraction of sp³-hybridized carbons (Fsp3) is 0.0714. The molecule has 0 bridgehead atoms. The summed E-state index contributed by atoms with van der Waals surface area (Å²) in [5.74, 6) is 1.27. The normalized spacial score (nSPS) is 10.2. The Hall–Kier alpha value is -1.32. The number of carbonyl (C=O) groups excluding carboxylic acids is 1. The van der Waals surface area contributed by atoms with E-state index >= 15 is 0 Å². The highest BCUT2D eigenvalue weighted by molar-refractivity contribution is 9.10. The Bertz CT molecular complexity index is 596. The SMILES string of the molecule is Cc1cc(Br)ccc1Oc1ccc(C=O)cc1Cl. The molecule has 18 heavy (non-hydrogen) atoms. The standard InChI is InChI=1S/C14H10BrClO2/c1-9-6-11(15)3-5-13(9)18-14-4-2-10(8-17)7-12(14)16/h2-8H,1H3. The zero-order valence-corrected chi connectivity index (χ0v) is 12.0. The number of aryl methyl sites for hydroxylation is 1. The molecule has 0 unspecified atom stereocenters. The minimum atomic E-state index is 0.418. The Morgan fingerprint density at radius 3 is 2.50 bits per heavy atom. The molecule has 0 atom stereocenters. The van der Waals surface area contributed by atoms with E-state index in [0.717, 1.165) is 22.1 Å². The van der Waals surface area contributed by atoms with Gasteiger partial charge in [-0.3, -0.25) is 4.79 Å². The van der Waals surface area contributed by atoms with E-state index in [1.54, 1.807) is 18.2 Å². The quantitative estimate of drug-likeness (QED) is 0.741. The van der Waals surface area contributed by atoms with Crippen LogP contribution >= 0.6 is 27.5 Å². The van der Waals surface area contributed by atoms with E-state index in [1.165, 1.54) is 0 Å². The van der Waals surface area contributed by atoms with Gasteiger partial charge in [0.25, 0.3) is 0 Å². The van der Waals surface area contributed by atoms with E-state index in [0.29, 0.717) is 16.3 Å². The second kappa shape index (κ2) is 5.55. The molecule has 0 aromatic heterocycles. The van der Waals surface area contributed by atoms with Gasteiger partial charge >= 0.3 is 0 Å². The Morgan fingerprint density at radius 1 is 1.17 bits per heavy atom. The Kier molecular flexibility index (Phi) is 4.04. The van der Waals surface area contributed by atoms with Crippen molar-refractivity contribution in [3.63, 3.8) is 0 Å². The average molecular weight is 326 g/mol. The topological polar surface area (TPSA) is 26.3 Å². The van der Waals surface area contributed by atoms with E-state index in [-0.39, 0.29) is 0 Å². The van der Waals surface area contributed by atoms with Crippen molar-refractivity contribution in [1.82, 2.24) is 0 Å². The van der Waals surface area contributed by atoms with Crippen molar-refractivity contribution >= 4 is 33.8 Å². The van der Waals surface area contributed by atoms with Gasteiger partial charge < -0.3 is 4.74 Å². The highest BCUT2D eigenvalue weighted by atomic mass is 79.9. The number of hydrogen-bond donors (Lipinski definition) is 0. The van der Waals surface area contributed by atoms with Gasteiger partial charge in [0.1, 0.15) is 17.8 Å². The third kappa shape index (κ3) is 2.92. The van der Waals surface area contributed by atoms with Crippen LogP contribution in [-0.2, 0) is 0 Å². The van der Waals surface area contributed by atoms with Crippen LogP contribution in [0, 0.1) is 6.92 Å². The van der Waals surface area contributed by atoms with Crippen molar-refractivity contribution in [2.45, 2.75) is 6.92 Å². The largest absolute Gasteiger partial charge is 0.456 e.